The molecule has 0 saturated carbocycles. The van der Waals surface area contributed by atoms with Crippen LogP contribution in [0.5, 0.6) is 0 Å². The van der Waals surface area contributed by atoms with Gasteiger partial charge in [-0.05, 0) is 37.0 Å². The lowest BCUT2D eigenvalue weighted by Gasteiger charge is -2.29. The molecule has 2 unspecified atom stereocenters. The third-order valence-corrected chi connectivity index (χ3v) is 5.87. The molecule has 1 amide bonds. The second-order valence-electron chi connectivity index (χ2n) is 5.42. The minimum absolute atomic E-state index is 0.172. The Kier molecular flexibility index (Phi) is 4.82. The second kappa shape index (κ2) is 6.64. The lowest BCUT2D eigenvalue weighted by atomic mass is 10.0. The number of carbonyl (C=O) groups excluding carboxylic acids is 1. The van der Waals surface area contributed by atoms with E-state index in [0.29, 0.717) is 5.02 Å². The number of halogens is 2. The van der Waals surface area contributed by atoms with E-state index in [0.717, 1.165) is 36.4 Å². The molecule has 0 radical (unpaired) electrons. The Hall–Kier alpha value is -0.640. The summed E-state index contributed by atoms with van der Waals surface area (Å²) in [6, 6.07) is 7.67. The van der Waals surface area contributed by atoms with Gasteiger partial charge in [-0.2, -0.15) is 0 Å². The van der Waals surface area contributed by atoms with Crippen molar-refractivity contribution in [3.63, 3.8) is 0 Å². The summed E-state index contributed by atoms with van der Waals surface area (Å²) in [7, 11) is 0. The zero-order chi connectivity index (χ0) is 14.8. The molecule has 1 aromatic rings. The van der Waals surface area contributed by atoms with Gasteiger partial charge in [0.05, 0.1) is 10.6 Å². The van der Waals surface area contributed by atoms with Crippen LogP contribution in [0.4, 0.5) is 0 Å². The highest BCUT2D eigenvalue weighted by atomic mass is 35.5. The van der Waals surface area contributed by atoms with Gasteiger partial charge in [0, 0.05) is 23.0 Å². The average Bonchev–Trinajstić information content (AvgIpc) is 2.90. The average molecular weight is 342 g/mol. The van der Waals surface area contributed by atoms with Gasteiger partial charge in [0.1, 0.15) is 0 Å². The molecule has 1 saturated heterocycles. The molecule has 2 aliphatic heterocycles. The van der Waals surface area contributed by atoms with Crippen molar-refractivity contribution < 1.29 is 4.79 Å². The van der Waals surface area contributed by atoms with Gasteiger partial charge in [-0.15, -0.1) is 23.4 Å². The lowest BCUT2D eigenvalue weighted by molar-refractivity contribution is -0.134. The summed E-state index contributed by atoms with van der Waals surface area (Å²) >= 11 is 13.9. The maximum Gasteiger partial charge on any atom is 0.231 e. The molecular formula is C16H17Cl2NOS. The van der Waals surface area contributed by atoms with E-state index in [4.69, 9.17) is 23.2 Å². The van der Waals surface area contributed by atoms with E-state index in [-0.39, 0.29) is 16.5 Å². The third-order valence-electron chi connectivity index (χ3n) is 3.93. The number of amides is 1. The van der Waals surface area contributed by atoms with Crippen LogP contribution in [0.15, 0.2) is 30.3 Å². The first-order valence-electron chi connectivity index (χ1n) is 7.22. The molecule has 0 bridgehead atoms. The summed E-state index contributed by atoms with van der Waals surface area (Å²) in [6.07, 6.45) is 5.44. The second-order valence-corrected chi connectivity index (χ2v) is 7.77. The van der Waals surface area contributed by atoms with Crippen LogP contribution in [-0.2, 0) is 4.79 Å². The van der Waals surface area contributed by atoms with Crippen molar-refractivity contribution >= 4 is 45.8 Å². The smallest absolute Gasteiger partial charge is 0.231 e. The molecule has 1 aromatic carbocycles. The Bertz CT molecular complexity index is 552. The van der Waals surface area contributed by atoms with Crippen LogP contribution >= 0.6 is 35.0 Å². The molecule has 0 spiro atoms. The topological polar surface area (TPSA) is 20.3 Å². The normalized spacial score (nSPS) is 25.8. The molecule has 112 valence electrons. The molecule has 2 atom stereocenters. The summed E-state index contributed by atoms with van der Waals surface area (Å²) in [4.78, 5) is 15.6. The standard InChI is InChI=1S/C16H17Cl2NOS/c17-12-6-4-11(5-7-12)14-10-13(15(18)21-14)16(20)19-8-2-1-3-9-19/h4-7,10,13,15H,1-3,8-9H2. The highest BCUT2D eigenvalue weighted by Gasteiger charge is 2.35. The van der Waals surface area contributed by atoms with E-state index in [1.165, 1.54) is 6.42 Å². The Balaban J connectivity index is 1.76. The minimum Gasteiger partial charge on any atom is -0.342 e. The van der Waals surface area contributed by atoms with Crippen LogP contribution in [0.25, 0.3) is 4.91 Å². The predicted molar refractivity (Wildman–Crippen MR) is 90.6 cm³/mol. The van der Waals surface area contributed by atoms with Crippen molar-refractivity contribution in [3.05, 3.63) is 40.9 Å². The highest BCUT2D eigenvalue weighted by Crippen LogP contribution is 2.45. The van der Waals surface area contributed by atoms with Crippen LogP contribution in [0.1, 0.15) is 24.8 Å². The Morgan fingerprint density at radius 1 is 1.14 bits per heavy atom. The summed E-state index contributed by atoms with van der Waals surface area (Å²) < 4.78 is -0.217. The van der Waals surface area contributed by atoms with E-state index in [1.807, 2.05) is 35.2 Å². The predicted octanol–water partition coefficient (Wildman–Crippen LogP) is 4.62. The molecule has 5 heteroatoms. The van der Waals surface area contributed by atoms with Crippen LogP contribution < -0.4 is 0 Å². The molecule has 0 N–H and O–H groups in total. The van der Waals surface area contributed by atoms with Crippen molar-refractivity contribution in [2.45, 2.75) is 24.0 Å². The van der Waals surface area contributed by atoms with Crippen molar-refractivity contribution in [3.8, 4) is 0 Å². The third kappa shape index (κ3) is 3.41. The molecule has 0 aliphatic carbocycles. The first-order valence-corrected chi connectivity index (χ1v) is 8.92. The Morgan fingerprint density at radius 3 is 2.48 bits per heavy atom. The number of rotatable bonds is 2. The number of alkyl halides is 1. The molecule has 2 heterocycles. The molecule has 2 nitrogen and oxygen atoms in total. The van der Waals surface area contributed by atoms with Gasteiger partial charge in [0.25, 0.3) is 0 Å². The summed E-state index contributed by atoms with van der Waals surface area (Å²) in [5.74, 6) is -0.0494. The van der Waals surface area contributed by atoms with Gasteiger partial charge in [0.2, 0.25) is 5.91 Å². The van der Waals surface area contributed by atoms with Crippen LogP contribution in [-0.4, -0.2) is 28.6 Å². The number of hydrogen-bond acceptors (Lipinski definition) is 2. The fourth-order valence-corrected chi connectivity index (χ4v) is 4.44. The summed E-state index contributed by atoms with van der Waals surface area (Å²) in [6.45, 7) is 1.74. The lowest BCUT2D eigenvalue weighted by Crippen LogP contribution is -2.40. The fraction of sp³-hybridized carbons (Fsp3) is 0.438. The van der Waals surface area contributed by atoms with Crippen molar-refractivity contribution in [2.24, 2.45) is 5.92 Å². The number of thioether (sulfide) groups is 1. The van der Waals surface area contributed by atoms with Crippen molar-refractivity contribution in [1.29, 1.82) is 0 Å². The van der Waals surface area contributed by atoms with Crippen LogP contribution in [0.3, 0.4) is 0 Å². The van der Waals surface area contributed by atoms with Gasteiger partial charge in [-0.3, -0.25) is 4.79 Å². The molecule has 1 fully saturated rings. The first kappa shape index (κ1) is 15.3. The van der Waals surface area contributed by atoms with Gasteiger partial charge in [-0.1, -0.05) is 29.8 Å². The zero-order valence-corrected chi connectivity index (χ0v) is 13.9. The van der Waals surface area contributed by atoms with Gasteiger partial charge in [-0.25, -0.2) is 0 Å². The van der Waals surface area contributed by atoms with Crippen LogP contribution in [0.2, 0.25) is 5.02 Å². The van der Waals surface area contributed by atoms with Gasteiger partial charge in [0.15, 0.2) is 0 Å². The Morgan fingerprint density at radius 2 is 1.81 bits per heavy atom. The zero-order valence-electron chi connectivity index (χ0n) is 11.6. The van der Waals surface area contributed by atoms with Gasteiger partial charge < -0.3 is 4.90 Å². The van der Waals surface area contributed by atoms with Crippen LogP contribution in [0, 0.1) is 5.92 Å². The summed E-state index contributed by atoms with van der Waals surface area (Å²) in [5.41, 5.74) is 1.07. The highest BCUT2D eigenvalue weighted by molar-refractivity contribution is 8.10. The minimum atomic E-state index is -0.222. The summed E-state index contributed by atoms with van der Waals surface area (Å²) in [5, 5.41) is 0.714. The van der Waals surface area contributed by atoms with E-state index in [1.54, 1.807) is 11.8 Å². The monoisotopic (exact) mass is 341 g/mol. The molecule has 3 rings (SSSR count). The van der Waals surface area contributed by atoms with E-state index in [9.17, 15) is 4.79 Å². The molecule has 21 heavy (non-hydrogen) atoms. The molecule has 2 aliphatic rings. The molecule has 0 aromatic heterocycles. The fourth-order valence-electron chi connectivity index (χ4n) is 2.76. The maximum absolute atomic E-state index is 12.6. The van der Waals surface area contributed by atoms with E-state index < -0.39 is 0 Å². The quantitative estimate of drug-likeness (QED) is 0.731. The maximum atomic E-state index is 12.6. The largest absolute Gasteiger partial charge is 0.342 e. The van der Waals surface area contributed by atoms with Crippen molar-refractivity contribution in [2.75, 3.05) is 13.1 Å². The van der Waals surface area contributed by atoms with E-state index in [2.05, 4.69) is 0 Å². The number of nitrogens with zero attached hydrogens (tertiary/aromatic N) is 1. The number of hydrogen-bond donors (Lipinski definition) is 0. The number of carbonyl (C=O) groups is 1. The number of piperidine rings is 1. The molecular weight excluding hydrogens is 325 g/mol. The Labute approximate surface area is 139 Å². The number of benzene rings is 1. The first-order chi connectivity index (χ1) is 10.1. The van der Waals surface area contributed by atoms with E-state index >= 15 is 0 Å². The van der Waals surface area contributed by atoms with Gasteiger partial charge >= 0.3 is 0 Å². The SMILES string of the molecule is O=C(C1C=C(c2ccc(Cl)cc2)SC1Cl)N1CCCCC1. The van der Waals surface area contributed by atoms with Crippen molar-refractivity contribution in [1.82, 2.24) is 4.90 Å². The number of likely N-dealkylation sites (tertiary alicyclic amines) is 1.